The van der Waals surface area contributed by atoms with Crippen LogP contribution in [0.4, 0.5) is 11.4 Å². The van der Waals surface area contributed by atoms with Crippen molar-refractivity contribution in [3.8, 4) is 17.6 Å². The number of halogens is 1. The summed E-state index contributed by atoms with van der Waals surface area (Å²) in [5.41, 5.74) is 1.77. The quantitative estimate of drug-likeness (QED) is 0.236. The monoisotopic (exact) mass is 553 g/mol. The van der Waals surface area contributed by atoms with E-state index in [1.165, 1.54) is 13.2 Å². The average molecular weight is 553 g/mol. The van der Waals surface area contributed by atoms with Crippen LogP contribution < -0.4 is 20.1 Å². The van der Waals surface area contributed by atoms with Gasteiger partial charge in [-0.15, -0.1) is 0 Å². The standard InChI is InChI=1S/C25H20IN3O4/c1-32-23-9-5-4-8-22(23)29-25(31)18(15-27)14-17-10-12-19(13-11-17)33-16-24(30)28-21-7-3-2-6-20(21)26/h2-14H,16H2,1H3,(H,28,30)(H,29,31)/b18-14+. The third kappa shape index (κ3) is 6.82. The molecule has 0 aliphatic carbocycles. The highest BCUT2D eigenvalue weighted by Gasteiger charge is 2.12. The molecule has 8 heteroatoms. The van der Waals surface area contributed by atoms with Gasteiger partial charge in [-0.2, -0.15) is 5.26 Å². The van der Waals surface area contributed by atoms with Gasteiger partial charge < -0.3 is 20.1 Å². The van der Waals surface area contributed by atoms with Crippen molar-refractivity contribution in [1.29, 1.82) is 5.26 Å². The molecule has 0 aliphatic rings. The van der Waals surface area contributed by atoms with Gasteiger partial charge in [-0.25, -0.2) is 0 Å². The predicted octanol–water partition coefficient (Wildman–Crippen LogP) is 4.86. The van der Waals surface area contributed by atoms with Crippen LogP contribution >= 0.6 is 22.6 Å². The number of amides is 2. The summed E-state index contributed by atoms with van der Waals surface area (Å²) < 4.78 is 11.7. The van der Waals surface area contributed by atoms with Gasteiger partial charge in [-0.1, -0.05) is 36.4 Å². The molecule has 7 nitrogen and oxygen atoms in total. The molecule has 0 heterocycles. The first-order valence-electron chi connectivity index (χ1n) is 9.83. The second kappa shape index (κ2) is 11.7. The van der Waals surface area contributed by atoms with E-state index in [0.717, 1.165) is 9.26 Å². The molecule has 2 N–H and O–H groups in total. The van der Waals surface area contributed by atoms with Crippen LogP contribution in [0, 0.1) is 14.9 Å². The molecule has 0 radical (unpaired) electrons. The van der Waals surface area contributed by atoms with E-state index in [1.54, 1.807) is 48.5 Å². The first-order valence-corrected chi connectivity index (χ1v) is 10.9. The van der Waals surface area contributed by atoms with Crippen LogP contribution in [0.2, 0.25) is 0 Å². The molecule has 0 unspecified atom stereocenters. The maximum absolute atomic E-state index is 12.5. The van der Waals surface area contributed by atoms with Gasteiger partial charge >= 0.3 is 0 Å². The third-order valence-corrected chi connectivity index (χ3v) is 5.37. The van der Waals surface area contributed by atoms with E-state index >= 15 is 0 Å². The lowest BCUT2D eigenvalue weighted by molar-refractivity contribution is -0.118. The Labute approximate surface area is 205 Å². The number of ether oxygens (including phenoxy) is 2. The number of para-hydroxylation sites is 3. The number of benzene rings is 3. The maximum atomic E-state index is 12.5. The minimum absolute atomic E-state index is 0.0635. The van der Waals surface area contributed by atoms with Crippen LogP contribution in [0.1, 0.15) is 5.56 Å². The zero-order chi connectivity index (χ0) is 23.6. The summed E-state index contributed by atoms with van der Waals surface area (Å²) in [5.74, 6) is 0.162. The van der Waals surface area contributed by atoms with Crippen LogP contribution in [-0.2, 0) is 9.59 Å². The Hall–Kier alpha value is -3.84. The summed E-state index contributed by atoms with van der Waals surface area (Å²) in [6, 6.07) is 23.0. The number of methoxy groups -OCH3 is 1. The molecular weight excluding hydrogens is 533 g/mol. The number of carbonyl (C=O) groups is 2. The molecule has 0 fully saturated rings. The van der Waals surface area contributed by atoms with Crippen molar-refractivity contribution in [1.82, 2.24) is 0 Å². The lowest BCUT2D eigenvalue weighted by Crippen LogP contribution is -2.20. The molecule has 33 heavy (non-hydrogen) atoms. The van der Waals surface area contributed by atoms with Crippen molar-refractivity contribution in [3.05, 3.63) is 87.5 Å². The Morgan fingerprint density at radius 1 is 0.970 bits per heavy atom. The van der Waals surface area contributed by atoms with E-state index in [4.69, 9.17) is 9.47 Å². The lowest BCUT2D eigenvalue weighted by atomic mass is 10.1. The average Bonchev–Trinajstić information content (AvgIpc) is 2.83. The van der Waals surface area contributed by atoms with E-state index in [1.807, 2.05) is 30.3 Å². The molecule has 0 saturated heterocycles. The Kier molecular flexibility index (Phi) is 8.43. The Balaban J connectivity index is 1.60. The van der Waals surface area contributed by atoms with Crippen molar-refractivity contribution in [2.24, 2.45) is 0 Å². The summed E-state index contributed by atoms with van der Waals surface area (Å²) in [4.78, 5) is 24.6. The van der Waals surface area contributed by atoms with Crippen molar-refractivity contribution in [2.45, 2.75) is 0 Å². The molecule has 0 spiro atoms. The van der Waals surface area contributed by atoms with Gasteiger partial charge in [0, 0.05) is 3.57 Å². The van der Waals surface area contributed by atoms with Crippen molar-refractivity contribution < 1.29 is 19.1 Å². The van der Waals surface area contributed by atoms with Gasteiger partial charge in [0.05, 0.1) is 18.5 Å². The fourth-order valence-corrected chi connectivity index (χ4v) is 3.33. The van der Waals surface area contributed by atoms with Gasteiger partial charge in [-0.05, 0) is 70.6 Å². The third-order valence-electron chi connectivity index (χ3n) is 4.43. The minimum Gasteiger partial charge on any atom is -0.495 e. The summed E-state index contributed by atoms with van der Waals surface area (Å²) in [7, 11) is 1.50. The molecule has 0 saturated carbocycles. The predicted molar refractivity (Wildman–Crippen MR) is 135 cm³/mol. The number of nitrogens with zero attached hydrogens (tertiary/aromatic N) is 1. The molecule has 0 aliphatic heterocycles. The minimum atomic E-state index is -0.547. The van der Waals surface area contributed by atoms with Gasteiger partial charge in [0.1, 0.15) is 23.1 Å². The molecule has 3 aromatic carbocycles. The fraction of sp³-hybridized carbons (Fsp3) is 0.0800. The Morgan fingerprint density at radius 3 is 2.30 bits per heavy atom. The SMILES string of the molecule is COc1ccccc1NC(=O)/C(C#N)=C/c1ccc(OCC(=O)Nc2ccccc2I)cc1. The van der Waals surface area contributed by atoms with Gasteiger partial charge in [0.2, 0.25) is 0 Å². The Morgan fingerprint density at radius 2 is 1.64 bits per heavy atom. The number of carbonyl (C=O) groups excluding carboxylic acids is 2. The van der Waals surface area contributed by atoms with E-state index in [9.17, 15) is 14.9 Å². The zero-order valence-corrected chi connectivity index (χ0v) is 19.8. The van der Waals surface area contributed by atoms with Crippen LogP contribution in [0.25, 0.3) is 6.08 Å². The van der Waals surface area contributed by atoms with Crippen LogP contribution in [0.15, 0.2) is 78.4 Å². The normalized spacial score (nSPS) is 10.6. The molecular formula is C25H20IN3O4. The number of hydrogen-bond acceptors (Lipinski definition) is 5. The molecule has 3 rings (SSSR count). The lowest BCUT2D eigenvalue weighted by Gasteiger charge is -2.10. The first kappa shape index (κ1) is 23.8. The molecule has 0 atom stereocenters. The van der Waals surface area contributed by atoms with Crippen LogP contribution in [0.3, 0.4) is 0 Å². The Bertz CT molecular complexity index is 1220. The van der Waals surface area contributed by atoms with E-state index < -0.39 is 5.91 Å². The maximum Gasteiger partial charge on any atom is 0.266 e. The van der Waals surface area contributed by atoms with Crippen molar-refractivity contribution >= 4 is 51.9 Å². The van der Waals surface area contributed by atoms with Gasteiger partial charge in [0.25, 0.3) is 11.8 Å². The number of nitrogens with one attached hydrogen (secondary N) is 2. The second-order valence-corrected chi connectivity index (χ2v) is 7.87. The van der Waals surface area contributed by atoms with E-state index in [-0.39, 0.29) is 18.1 Å². The first-order chi connectivity index (χ1) is 16.0. The summed E-state index contributed by atoms with van der Waals surface area (Å²) in [5, 5.41) is 14.9. The van der Waals surface area contributed by atoms with Gasteiger partial charge in [0.15, 0.2) is 6.61 Å². The van der Waals surface area contributed by atoms with Crippen LogP contribution in [-0.4, -0.2) is 25.5 Å². The van der Waals surface area contributed by atoms with Crippen LogP contribution in [0.5, 0.6) is 11.5 Å². The number of nitriles is 1. The molecule has 2 amide bonds. The topological polar surface area (TPSA) is 100 Å². The zero-order valence-electron chi connectivity index (χ0n) is 17.7. The van der Waals surface area contributed by atoms with Gasteiger partial charge in [-0.3, -0.25) is 9.59 Å². The second-order valence-electron chi connectivity index (χ2n) is 6.71. The summed E-state index contributed by atoms with van der Waals surface area (Å²) in [6.07, 6.45) is 1.47. The van der Waals surface area contributed by atoms with Crippen molar-refractivity contribution in [2.75, 3.05) is 24.4 Å². The molecule has 166 valence electrons. The largest absolute Gasteiger partial charge is 0.495 e. The fourth-order valence-electron chi connectivity index (χ4n) is 2.81. The van der Waals surface area contributed by atoms with Crippen molar-refractivity contribution in [3.63, 3.8) is 0 Å². The summed E-state index contributed by atoms with van der Waals surface area (Å²) >= 11 is 2.15. The summed E-state index contributed by atoms with van der Waals surface area (Å²) in [6.45, 7) is -0.148. The molecule has 3 aromatic rings. The number of rotatable bonds is 8. The highest BCUT2D eigenvalue weighted by Crippen LogP contribution is 2.24. The highest BCUT2D eigenvalue weighted by atomic mass is 127. The number of hydrogen-bond donors (Lipinski definition) is 2. The number of anilines is 2. The van der Waals surface area contributed by atoms with E-state index in [0.29, 0.717) is 22.7 Å². The smallest absolute Gasteiger partial charge is 0.266 e. The highest BCUT2D eigenvalue weighted by molar-refractivity contribution is 14.1. The molecule has 0 bridgehead atoms. The molecule has 0 aromatic heterocycles. The van der Waals surface area contributed by atoms with E-state index in [2.05, 4.69) is 33.2 Å².